The summed E-state index contributed by atoms with van der Waals surface area (Å²) >= 11 is 0. The van der Waals surface area contributed by atoms with E-state index in [2.05, 4.69) is 5.32 Å². The molecule has 1 aliphatic rings. The third-order valence-electron chi connectivity index (χ3n) is 3.26. The molecule has 1 fully saturated rings. The van der Waals surface area contributed by atoms with Gasteiger partial charge >= 0.3 is 0 Å². The van der Waals surface area contributed by atoms with Crippen LogP contribution < -0.4 is 11.1 Å². The minimum Gasteiger partial charge on any atom is -0.506 e. The van der Waals surface area contributed by atoms with E-state index < -0.39 is 0 Å². The fourth-order valence-electron chi connectivity index (χ4n) is 2.25. The summed E-state index contributed by atoms with van der Waals surface area (Å²) in [7, 11) is 0. The molecular weight excluding hydrogens is 216 g/mol. The maximum atomic E-state index is 12.0. The molecule has 0 bridgehead atoms. The summed E-state index contributed by atoms with van der Waals surface area (Å²) in [6, 6.07) is 4.73. The van der Waals surface area contributed by atoms with Gasteiger partial charge in [0.25, 0.3) is 0 Å². The van der Waals surface area contributed by atoms with Crippen LogP contribution in [0.5, 0.6) is 5.75 Å². The van der Waals surface area contributed by atoms with Crippen molar-refractivity contribution in [3.05, 3.63) is 18.2 Å². The van der Waals surface area contributed by atoms with Crippen LogP contribution in [-0.4, -0.2) is 11.0 Å². The standard InChI is InChI=1S/C13H18N2O2/c14-10-6-7-11(12(16)8-10)15-13(17)9-4-2-1-3-5-9/h6-9,16H,1-5,14H2,(H,15,17). The van der Waals surface area contributed by atoms with E-state index in [1.54, 1.807) is 12.1 Å². The molecular formula is C13H18N2O2. The Balaban J connectivity index is 2.02. The highest BCUT2D eigenvalue weighted by Crippen LogP contribution is 2.28. The van der Waals surface area contributed by atoms with E-state index in [-0.39, 0.29) is 17.6 Å². The molecule has 17 heavy (non-hydrogen) atoms. The Morgan fingerprint density at radius 1 is 1.29 bits per heavy atom. The Labute approximate surface area is 101 Å². The second kappa shape index (κ2) is 5.08. The van der Waals surface area contributed by atoms with E-state index in [1.165, 1.54) is 12.5 Å². The number of hydrogen-bond donors (Lipinski definition) is 3. The SMILES string of the molecule is Nc1ccc(NC(=O)C2CCCCC2)c(O)c1. The first-order valence-corrected chi connectivity index (χ1v) is 6.06. The highest BCUT2D eigenvalue weighted by molar-refractivity contribution is 5.94. The number of nitrogen functional groups attached to an aromatic ring is 1. The molecule has 1 saturated carbocycles. The lowest BCUT2D eigenvalue weighted by atomic mass is 9.88. The van der Waals surface area contributed by atoms with Gasteiger partial charge in [0.05, 0.1) is 5.69 Å². The van der Waals surface area contributed by atoms with Crippen LogP contribution in [0.25, 0.3) is 0 Å². The summed E-state index contributed by atoms with van der Waals surface area (Å²) in [6.45, 7) is 0. The number of rotatable bonds is 2. The largest absolute Gasteiger partial charge is 0.506 e. The Bertz CT molecular complexity index is 412. The van der Waals surface area contributed by atoms with E-state index in [0.717, 1.165) is 25.7 Å². The number of hydrogen-bond acceptors (Lipinski definition) is 3. The van der Waals surface area contributed by atoms with Crippen LogP contribution in [0.4, 0.5) is 11.4 Å². The number of carbonyl (C=O) groups excluding carboxylic acids is 1. The first kappa shape index (κ1) is 11.8. The Morgan fingerprint density at radius 3 is 2.65 bits per heavy atom. The van der Waals surface area contributed by atoms with Crippen molar-refractivity contribution in [1.82, 2.24) is 0 Å². The lowest BCUT2D eigenvalue weighted by Gasteiger charge is -2.21. The zero-order valence-corrected chi connectivity index (χ0v) is 9.78. The smallest absolute Gasteiger partial charge is 0.227 e. The van der Waals surface area contributed by atoms with Crippen LogP contribution in [0.15, 0.2) is 18.2 Å². The van der Waals surface area contributed by atoms with Crippen LogP contribution in [-0.2, 0) is 4.79 Å². The highest BCUT2D eigenvalue weighted by Gasteiger charge is 2.21. The highest BCUT2D eigenvalue weighted by atomic mass is 16.3. The van der Waals surface area contributed by atoms with Crippen molar-refractivity contribution in [2.75, 3.05) is 11.1 Å². The fraction of sp³-hybridized carbons (Fsp3) is 0.462. The van der Waals surface area contributed by atoms with E-state index in [1.807, 2.05) is 0 Å². The second-order valence-electron chi connectivity index (χ2n) is 4.60. The van der Waals surface area contributed by atoms with Gasteiger partial charge in [0.1, 0.15) is 5.75 Å². The van der Waals surface area contributed by atoms with Crippen LogP contribution in [0.2, 0.25) is 0 Å². The maximum absolute atomic E-state index is 12.0. The van der Waals surface area contributed by atoms with Gasteiger partial charge in [-0.1, -0.05) is 19.3 Å². The number of amides is 1. The van der Waals surface area contributed by atoms with Gasteiger partial charge in [0, 0.05) is 17.7 Å². The first-order valence-electron chi connectivity index (χ1n) is 6.06. The number of anilines is 2. The molecule has 0 aromatic heterocycles. The third kappa shape index (κ3) is 2.90. The molecule has 1 aliphatic carbocycles. The van der Waals surface area contributed by atoms with Crippen LogP contribution in [0.3, 0.4) is 0 Å². The number of nitrogens with two attached hydrogens (primary N) is 1. The zero-order chi connectivity index (χ0) is 12.3. The molecule has 0 unspecified atom stereocenters. The van der Waals surface area contributed by atoms with Crippen molar-refractivity contribution in [2.24, 2.45) is 5.92 Å². The van der Waals surface area contributed by atoms with E-state index in [0.29, 0.717) is 11.4 Å². The number of phenols is 1. The van der Waals surface area contributed by atoms with Gasteiger partial charge < -0.3 is 16.2 Å². The monoisotopic (exact) mass is 234 g/mol. The number of aromatic hydroxyl groups is 1. The Morgan fingerprint density at radius 2 is 2.00 bits per heavy atom. The molecule has 92 valence electrons. The molecule has 1 amide bonds. The molecule has 0 atom stereocenters. The van der Waals surface area contributed by atoms with E-state index in [9.17, 15) is 9.90 Å². The van der Waals surface area contributed by atoms with Crippen LogP contribution in [0, 0.1) is 5.92 Å². The van der Waals surface area contributed by atoms with E-state index in [4.69, 9.17) is 5.73 Å². The number of benzene rings is 1. The normalized spacial score (nSPS) is 16.7. The van der Waals surface area contributed by atoms with Gasteiger partial charge in [-0.2, -0.15) is 0 Å². The second-order valence-corrected chi connectivity index (χ2v) is 4.60. The predicted octanol–water partition coefficient (Wildman–Crippen LogP) is 2.49. The van der Waals surface area contributed by atoms with Gasteiger partial charge in [0.2, 0.25) is 5.91 Å². The first-order chi connectivity index (χ1) is 8.16. The van der Waals surface area contributed by atoms with Crippen molar-refractivity contribution in [3.63, 3.8) is 0 Å². The van der Waals surface area contributed by atoms with E-state index >= 15 is 0 Å². The minimum atomic E-state index is 0.00442. The fourth-order valence-corrected chi connectivity index (χ4v) is 2.25. The van der Waals surface area contributed by atoms with Gasteiger partial charge in [0.15, 0.2) is 0 Å². The van der Waals surface area contributed by atoms with Crippen LogP contribution in [0.1, 0.15) is 32.1 Å². The third-order valence-corrected chi connectivity index (χ3v) is 3.26. The summed E-state index contributed by atoms with van der Waals surface area (Å²) in [4.78, 5) is 12.0. The predicted molar refractivity (Wildman–Crippen MR) is 67.7 cm³/mol. The van der Waals surface area contributed by atoms with Gasteiger partial charge in [-0.25, -0.2) is 0 Å². The topological polar surface area (TPSA) is 75.3 Å². The summed E-state index contributed by atoms with van der Waals surface area (Å²) in [5, 5.41) is 12.4. The number of phenolic OH excluding ortho intramolecular Hbond substituents is 1. The molecule has 1 aromatic carbocycles. The van der Waals surface area contributed by atoms with Crippen molar-refractivity contribution >= 4 is 17.3 Å². The van der Waals surface area contributed by atoms with Crippen LogP contribution >= 0.6 is 0 Å². The zero-order valence-electron chi connectivity index (χ0n) is 9.78. The van der Waals surface area contributed by atoms with Crippen molar-refractivity contribution < 1.29 is 9.90 Å². The molecule has 4 nitrogen and oxygen atoms in total. The molecule has 0 aliphatic heterocycles. The molecule has 0 spiro atoms. The Hall–Kier alpha value is -1.71. The summed E-state index contributed by atoms with van der Waals surface area (Å²) in [6.07, 6.45) is 5.34. The number of carbonyl (C=O) groups is 1. The molecule has 4 heteroatoms. The van der Waals surface area contributed by atoms with Gasteiger partial charge in [-0.3, -0.25) is 4.79 Å². The van der Waals surface area contributed by atoms with Crippen molar-refractivity contribution in [3.8, 4) is 5.75 Å². The van der Waals surface area contributed by atoms with Gasteiger partial charge in [-0.05, 0) is 25.0 Å². The van der Waals surface area contributed by atoms with Crippen molar-refractivity contribution in [2.45, 2.75) is 32.1 Å². The minimum absolute atomic E-state index is 0.00442. The summed E-state index contributed by atoms with van der Waals surface area (Å²) in [5.41, 5.74) is 6.45. The quantitative estimate of drug-likeness (QED) is 0.543. The van der Waals surface area contributed by atoms with Gasteiger partial charge in [-0.15, -0.1) is 0 Å². The average Bonchev–Trinajstić information content (AvgIpc) is 2.34. The lowest BCUT2D eigenvalue weighted by Crippen LogP contribution is -2.24. The lowest BCUT2D eigenvalue weighted by molar-refractivity contribution is -0.120. The molecule has 0 heterocycles. The summed E-state index contributed by atoms with van der Waals surface area (Å²) in [5.74, 6) is 0.111. The molecule has 4 N–H and O–H groups in total. The molecule has 0 saturated heterocycles. The molecule has 0 radical (unpaired) electrons. The molecule has 1 aromatic rings. The average molecular weight is 234 g/mol. The molecule has 2 rings (SSSR count). The maximum Gasteiger partial charge on any atom is 0.227 e. The number of nitrogens with one attached hydrogen (secondary N) is 1. The Kier molecular flexibility index (Phi) is 3.52. The van der Waals surface area contributed by atoms with Crippen molar-refractivity contribution in [1.29, 1.82) is 0 Å². The summed E-state index contributed by atoms with van der Waals surface area (Å²) < 4.78 is 0.